The number of nitrogens with zero attached hydrogens (tertiary/aromatic N) is 3. The molecule has 5 rings (SSSR count). The van der Waals surface area contributed by atoms with Crippen molar-refractivity contribution >= 4 is 27.8 Å². The molecule has 3 aromatic heterocycles. The first-order chi connectivity index (χ1) is 23.5. The van der Waals surface area contributed by atoms with Gasteiger partial charge >= 0.3 is 12.1 Å². The number of rotatable bonds is 14. The van der Waals surface area contributed by atoms with Gasteiger partial charge in [-0.2, -0.15) is 9.97 Å². The van der Waals surface area contributed by atoms with Gasteiger partial charge in [0, 0.05) is 6.20 Å². The first-order valence-electron chi connectivity index (χ1n) is 15.0. The molecule has 0 spiro atoms. The first-order valence-corrected chi connectivity index (χ1v) is 16.5. The Labute approximate surface area is 283 Å². The predicted octanol–water partition coefficient (Wildman–Crippen LogP) is 6.57. The van der Waals surface area contributed by atoms with Gasteiger partial charge in [-0.15, -0.1) is 0 Å². The number of hydrogen-bond acceptors (Lipinski definition) is 12. The minimum atomic E-state index is -4.23. The Balaban J connectivity index is 1.47. The summed E-state index contributed by atoms with van der Waals surface area (Å²) in [6.45, 7) is 5.58. The Morgan fingerprint density at radius 1 is 0.878 bits per heavy atom. The predicted molar refractivity (Wildman–Crippen MR) is 179 cm³/mol. The number of carbonyl (C=O) groups is 1. The van der Waals surface area contributed by atoms with Crippen molar-refractivity contribution in [3.8, 4) is 29.1 Å². The number of ether oxygens (including phenoxy) is 5. The maximum absolute atomic E-state index is 13.7. The van der Waals surface area contributed by atoms with E-state index >= 15 is 0 Å². The third-order valence-corrected chi connectivity index (χ3v) is 8.09. The van der Waals surface area contributed by atoms with Crippen LogP contribution < -0.4 is 29.0 Å². The van der Waals surface area contributed by atoms with Crippen LogP contribution in [-0.2, 0) is 26.8 Å². The lowest BCUT2D eigenvalue weighted by Gasteiger charge is -2.20. The lowest BCUT2D eigenvalue weighted by atomic mass is 9.87. The second kappa shape index (κ2) is 15.4. The molecular weight excluding hydrogens is 654 g/mol. The number of nitrogens with one attached hydrogen (secondary N) is 2. The summed E-state index contributed by atoms with van der Waals surface area (Å²) < 4.78 is 63.8. The van der Waals surface area contributed by atoms with Crippen LogP contribution in [0.2, 0.25) is 0 Å². The number of benzene rings is 2. The number of sulfonamides is 1. The zero-order chi connectivity index (χ0) is 34.9. The quantitative estimate of drug-likeness (QED) is 0.120. The topological polar surface area (TPSA) is 173 Å². The molecule has 1 amide bonds. The van der Waals surface area contributed by atoms with Gasteiger partial charge in [0.15, 0.2) is 17.3 Å². The molecule has 256 valence electrons. The van der Waals surface area contributed by atoms with Crippen LogP contribution in [0.3, 0.4) is 0 Å². The van der Waals surface area contributed by atoms with E-state index < -0.39 is 16.1 Å². The van der Waals surface area contributed by atoms with Crippen molar-refractivity contribution in [2.45, 2.75) is 37.7 Å². The molecule has 0 atom stereocenters. The molecule has 0 fully saturated rings. The van der Waals surface area contributed by atoms with E-state index in [9.17, 15) is 13.2 Å². The highest BCUT2D eigenvalue weighted by atomic mass is 32.2. The standard InChI is InChI=1S/C34H35N5O9S/c1-34(2,3)23-14-16-25(17-15-23)49(41,42)39-30-29(48-27-12-6-5-11-26(27)43-4)31(38-32(37-30)47-22-24-10-9-19-44-24)45-20-21-46-33(40)36-28-13-7-8-18-35-28/h5-19H,20-22H2,1-4H3,(H,35,36,40)(H,37,38,39). The Morgan fingerprint density at radius 2 is 1.63 bits per heavy atom. The van der Waals surface area contributed by atoms with Crippen molar-refractivity contribution in [2.75, 3.05) is 30.4 Å². The van der Waals surface area contributed by atoms with Crippen LogP contribution in [0.4, 0.5) is 16.4 Å². The van der Waals surface area contributed by atoms with Crippen LogP contribution in [0, 0.1) is 0 Å². The molecule has 49 heavy (non-hydrogen) atoms. The average molecular weight is 690 g/mol. The monoisotopic (exact) mass is 689 g/mol. The summed E-state index contributed by atoms with van der Waals surface area (Å²) in [4.78, 5) is 25.0. The average Bonchev–Trinajstić information content (AvgIpc) is 3.61. The van der Waals surface area contributed by atoms with Gasteiger partial charge in [-0.05, 0) is 59.5 Å². The lowest BCUT2D eigenvalue weighted by molar-refractivity contribution is 0.134. The fraction of sp³-hybridized carbons (Fsp3) is 0.235. The van der Waals surface area contributed by atoms with Crippen LogP contribution in [0.25, 0.3) is 0 Å². The van der Waals surface area contributed by atoms with Crippen LogP contribution in [0.5, 0.6) is 29.1 Å². The number of pyridine rings is 1. The molecule has 15 heteroatoms. The summed E-state index contributed by atoms with van der Waals surface area (Å²) in [5, 5.41) is 2.50. The number of methoxy groups -OCH3 is 1. The van der Waals surface area contributed by atoms with E-state index in [4.69, 9.17) is 28.1 Å². The van der Waals surface area contributed by atoms with Crippen molar-refractivity contribution in [2.24, 2.45) is 0 Å². The number of para-hydroxylation sites is 2. The van der Waals surface area contributed by atoms with E-state index in [1.807, 2.05) is 20.8 Å². The molecule has 5 aromatic rings. The zero-order valence-electron chi connectivity index (χ0n) is 27.2. The summed E-state index contributed by atoms with van der Waals surface area (Å²) in [7, 11) is -2.77. The van der Waals surface area contributed by atoms with E-state index in [0.29, 0.717) is 17.3 Å². The fourth-order valence-corrected chi connectivity index (χ4v) is 5.25. The molecule has 3 heterocycles. The molecule has 0 aliphatic carbocycles. The molecule has 0 saturated heterocycles. The molecule has 0 aliphatic heterocycles. The molecule has 14 nitrogen and oxygen atoms in total. The minimum absolute atomic E-state index is 0.0183. The maximum Gasteiger partial charge on any atom is 0.412 e. The maximum atomic E-state index is 13.7. The van der Waals surface area contributed by atoms with Gasteiger partial charge in [0.05, 0.1) is 18.3 Å². The number of furan rings is 1. The normalized spacial score (nSPS) is 11.3. The second-order valence-electron chi connectivity index (χ2n) is 11.3. The highest BCUT2D eigenvalue weighted by Crippen LogP contribution is 2.41. The van der Waals surface area contributed by atoms with Crippen molar-refractivity contribution < 1.29 is 41.3 Å². The highest BCUT2D eigenvalue weighted by molar-refractivity contribution is 7.92. The molecule has 0 radical (unpaired) electrons. The van der Waals surface area contributed by atoms with Gasteiger partial charge in [-0.1, -0.05) is 51.1 Å². The van der Waals surface area contributed by atoms with Crippen LogP contribution in [-0.4, -0.2) is 49.8 Å². The van der Waals surface area contributed by atoms with E-state index in [1.54, 1.807) is 66.7 Å². The summed E-state index contributed by atoms with van der Waals surface area (Å²) >= 11 is 0. The van der Waals surface area contributed by atoms with Crippen molar-refractivity contribution in [1.82, 2.24) is 15.0 Å². The minimum Gasteiger partial charge on any atom is -0.493 e. The lowest BCUT2D eigenvalue weighted by Crippen LogP contribution is -2.19. The van der Waals surface area contributed by atoms with E-state index in [1.165, 1.54) is 31.7 Å². The summed E-state index contributed by atoms with van der Waals surface area (Å²) in [6.07, 6.45) is 2.24. The molecule has 0 aliphatic rings. The molecular formula is C34H35N5O9S. The van der Waals surface area contributed by atoms with Gasteiger partial charge < -0.3 is 28.1 Å². The fourth-order valence-electron chi connectivity index (χ4n) is 4.25. The van der Waals surface area contributed by atoms with Gasteiger partial charge in [-0.3, -0.25) is 10.0 Å². The van der Waals surface area contributed by atoms with Crippen molar-refractivity contribution in [3.63, 3.8) is 0 Å². The SMILES string of the molecule is COc1ccccc1Oc1c(NS(=O)(=O)c2ccc(C(C)(C)C)cc2)nc(OCc2ccco2)nc1OCCOC(=O)Nc1ccccn1. The molecule has 0 unspecified atom stereocenters. The van der Waals surface area contributed by atoms with Crippen molar-refractivity contribution in [3.05, 3.63) is 103 Å². The Kier molecular flexibility index (Phi) is 10.8. The van der Waals surface area contributed by atoms with Crippen LogP contribution in [0.15, 0.2) is 101 Å². The largest absolute Gasteiger partial charge is 0.493 e. The second-order valence-corrected chi connectivity index (χ2v) is 13.0. The molecule has 2 aromatic carbocycles. The number of carbonyl (C=O) groups excluding carboxylic acids is 1. The Bertz CT molecular complexity index is 1950. The third-order valence-electron chi connectivity index (χ3n) is 6.73. The van der Waals surface area contributed by atoms with Crippen LogP contribution >= 0.6 is 0 Å². The third kappa shape index (κ3) is 9.38. The Morgan fingerprint density at radius 3 is 2.31 bits per heavy atom. The smallest absolute Gasteiger partial charge is 0.412 e. The van der Waals surface area contributed by atoms with Crippen LogP contribution in [0.1, 0.15) is 32.1 Å². The van der Waals surface area contributed by atoms with Gasteiger partial charge in [0.25, 0.3) is 15.9 Å². The first kappa shape index (κ1) is 34.5. The summed E-state index contributed by atoms with van der Waals surface area (Å²) in [5.74, 6) is 0.608. The number of aromatic nitrogens is 3. The van der Waals surface area contributed by atoms with E-state index in [-0.39, 0.29) is 59.3 Å². The number of amides is 1. The number of anilines is 2. The van der Waals surface area contributed by atoms with Gasteiger partial charge in [-0.25, -0.2) is 18.2 Å². The van der Waals surface area contributed by atoms with Gasteiger partial charge in [0.2, 0.25) is 5.75 Å². The number of hydrogen-bond donors (Lipinski definition) is 2. The van der Waals surface area contributed by atoms with E-state index in [2.05, 4.69) is 25.0 Å². The summed E-state index contributed by atoms with van der Waals surface area (Å²) in [5.41, 5.74) is 0.766. The molecule has 2 N–H and O–H groups in total. The summed E-state index contributed by atoms with van der Waals surface area (Å²) in [6, 6.07) is 21.4. The zero-order valence-corrected chi connectivity index (χ0v) is 28.0. The van der Waals surface area contributed by atoms with Crippen molar-refractivity contribution in [1.29, 1.82) is 0 Å². The molecule has 0 saturated carbocycles. The highest BCUT2D eigenvalue weighted by Gasteiger charge is 2.26. The molecule has 0 bridgehead atoms. The Hall–Kier alpha value is -5.83. The van der Waals surface area contributed by atoms with Gasteiger partial charge in [0.1, 0.15) is 31.4 Å². The van der Waals surface area contributed by atoms with E-state index in [0.717, 1.165) is 5.56 Å².